The van der Waals surface area contributed by atoms with Crippen LogP contribution in [0.25, 0.3) is 0 Å². The molecule has 10 heteroatoms. The van der Waals surface area contributed by atoms with E-state index in [0.29, 0.717) is 31.5 Å². The zero-order valence-electron chi connectivity index (χ0n) is 22.6. The van der Waals surface area contributed by atoms with E-state index in [1.54, 1.807) is 30.7 Å². The number of likely N-dealkylation sites (tertiary alicyclic amines) is 2. The number of hydrogen-bond acceptors (Lipinski definition) is 5. The standard InChI is InChI=1S/C29H36F2N4O4/c1-28(2,32)26(37)33-24(17-39-16-19-8-5-4-6-9-19)25(36)35-13-7-12-29(18-35)21(15-34(3)27(29)38)20-10-11-22(30)23(31)14-20/h4-6,8-11,14,21,24H,7,12-13,15-18,32H2,1-3H3,(H,33,37). The van der Waals surface area contributed by atoms with Gasteiger partial charge in [0.15, 0.2) is 11.6 Å². The Kier molecular flexibility index (Phi) is 8.37. The summed E-state index contributed by atoms with van der Waals surface area (Å²) in [5.41, 5.74) is 5.20. The average molecular weight is 543 g/mol. The van der Waals surface area contributed by atoms with E-state index in [0.717, 1.165) is 17.7 Å². The van der Waals surface area contributed by atoms with Gasteiger partial charge in [-0.2, -0.15) is 0 Å². The molecule has 2 aromatic carbocycles. The van der Waals surface area contributed by atoms with E-state index in [1.807, 2.05) is 30.3 Å². The molecular formula is C29H36F2N4O4. The Bertz CT molecular complexity index is 1220. The molecule has 3 atom stereocenters. The number of likely N-dealkylation sites (N-methyl/N-ethyl adjacent to an activating group) is 1. The SMILES string of the molecule is CN1CC(c2ccc(F)c(F)c2)C2(CCCN(C(=O)C(COCc3ccccc3)NC(=O)C(C)(C)N)C2)C1=O. The maximum absolute atomic E-state index is 14.1. The van der Waals surface area contributed by atoms with E-state index in [2.05, 4.69) is 5.32 Å². The molecule has 8 nitrogen and oxygen atoms in total. The van der Waals surface area contributed by atoms with Gasteiger partial charge in [-0.3, -0.25) is 14.4 Å². The van der Waals surface area contributed by atoms with Crippen LogP contribution in [-0.2, 0) is 25.7 Å². The van der Waals surface area contributed by atoms with Gasteiger partial charge < -0.3 is 25.6 Å². The highest BCUT2D eigenvalue weighted by Crippen LogP contribution is 2.49. The van der Waals surface area contributed by atoms with E-state index < -0.39 is 40.5 Å². The van der Waals surface area contributed by atoms with Gasteiger partial charge in [0.1, 0.15) is 6.04 Å². The van der Waals surface area contributed by atoms with Crippen LogP contribution in [0.3, 0.4) is 0 Å². The first-order valence-corrected chi connectivity index (χ1v) is 13.1. The summed E-state index contributed by atoms with van der Waals surface area (Å²) in [6.07, 6.45) is 1.04. The van der Waals surface area contributed by atoms with Crippen LogP contribution in [0, 0.1) is 17.0 Å². The maximum Gasteiger partial charge on any atom is 0.247 e. The summed E-state index contributed by atoms with van der Waals surface area (Å²) in [4.78, 5) is 43.2. The molecule has 39 heavy (non-hydrogen) atoms. The van der Waals surface area contributed by atoms with Gasteiger partial charge >= 0.3 is 0 Å². The molecule has 1 spiro atoms. The second-order valence-corrected chi connectivity index (χ2v) is 11.2. The second-order valence-electron chi connectivity index (χ2n) is 11.2. The van der Waals surface area contributed by atoms with Crippen molar-refractivity contribution in [3.8, 4) is 0 Å². The lowest BCUT2D eigenvalue weighted by Gasteiger charge is -2.43. The molecule has 0 aromatic heterocycles. The van der Waals surface area contributed by atoms with Crippen molar-refractivity contribution in [2.75, 3.05) is 33.3 Å². The smallest absolute Gasteiger partial charge is 0.247 e. The molecule has 2 fully saturated rings. The zero-order valence-corrected chi connectivity index (χ0v) is 22.6. The minimum absolute atomic E-state index is 0.0838. The highest BCUT2D eigenvalue weighted by Gasteiger charge is 2.56. The zero-order chi connectivity index (χ0) is 28.4. The van der Waals surface area contributed by atoms with Crippen molar-refractivity contribution in [1.29, 1.82) is 0 Å². The van der Waals surface area contributed by atoms with Crippen LogP contribution >= 0.6 is 0 Å². The highest BCUT2D eigenvalue weighted by molar-refractivity contribution is 5.92. The summed E-state index contributed by atoms with van der Waals surface area (Å²) in [7, 11) is 1.68. The molecule has 210 valence electrons. The minimum atomic E-state index is -1.22. The van der Waals surface area contributed by atoms with Gasteiger partial charge in [-0.25, -0.2) is 8.78 Å². The molecule has 2 aliphatic rings. The molecule has 0 bridgehead atoms. The van der Waals surface area contributed by atoms with Crippen molar-refractivity contribution in [2.45, 2.75) is 50.8 Å². The van der Waals surface area contributed by atoms with Crippen molar-refractivity contribution >= 4 is 17.7 Å². The van der Waals surface area contributed by atoms with Gasteiger partial charge in [-0.1, -0.05) is 36.4 Å². The van der Waals surface area contributed by atoms with Crippen molar-refractivity contribution in [3.05, 3.63) is 71.3 Å². The van der Waals surface area contributed by atoms with E-state index in [4.69, 9.17) is 10.5 Å². The maximum atomic E-state index is 14.1. The Morgan fingerprint density at radius 3 is 2.56 bits per heavy atom. The molecule has 2 saturated heterocycles. The fraction of sp³-hybridized carbons (Fsp3) is 0.483. The summed E-state index contributed by atoms with van der Waals surface area (Å²) in [5, 5.41) is 2.73. The summed E-state index contributed by atoms with van der Waals surface area (Å²) in [6.45, 7) is 4.06. The third-order valence-corrected chi connectivity index (χ3v) is 7.66. The quantitative estimate of drug-likeness (QED) is 0.534. The van der Waals surface area contributed by atoms with Crippen LogP contribution in [0.2, 0.25) is 0 Å². The summed E-state index contributed by atoms with van der Waals surface area (Å²) in [6, 6.07) is 12.1. The Morgan fingerprint density at radius 1 is 1.18 bits per heavy atom. The summed E-state index contributed by atoms with van der Waals surface area (Å²) < 4.78 is 33.6. The van der Waals surface area contributed by atoms with E-state index in [-0.39, 0.29) is 31.6 Å². The molecule has 2 aliphatic heterocycles. The summed E-state index contributed by atoms with van der Waals surface area (Å²) in [5.74, 6) is -3.39. The van der Waals surface area contributed by atoms with Crippen molar-refractivity contribution in [3.63, 3.8) is 0 Å². The Balaban J connectivity index is 1.56. The third-order valence-electron chi connectivity index (χ3n) is 7.66. The van der Waals surface area contributed by atoms with Crippen LogP contribution in [0.15, 0.2) is 48.5 Å². The Labute approximate surface area is 227 Å². The molecule has 4 rings (SSSR count). The van der Waals surface area contributed by atoms with Crippen LogP contribution in [-0.4, -0.2) is 72.4 Å². The van der Waals surface area contributed by atoms with Crippen LogP contribution in [0.1, 0.15) is 43.7 Å². The van der Waals surface area contributed by atoms with Crippen LogP contribution in [0.5, 0.6) is 0 Å². The number of amides is 3. The van der Waals surface area contributed by atoms with E-state index >= 15 is 0 Å². The van der Waals surface area contributed by atoms with Gasteiger partial charge in [-0.05, 0) is 49.9 Å². The van der Waals surface area contributed by atoms with Gasteiger partial charge in [0.25, 0.3) is 0 Å². The number of halogens is 2. The molecule has 0 aliphatic carbocycles. The number of carbonyl (C=O) groups excluding carboxylic acids is 3. The molecule has 3 unspecified atom stereocenters. The highest BCUT2D eigenvalue weighted by atomic mass is 19.2. The largest absolute Gasteiger partial charge is 0.374 e. The summed E-state index contributed by atoms with van der Waals surface area (Å²) >= 11 is 0. The van der Waals surface area contributed by atoms with Crippen molar-refractivity contribution in [2.24, 2.45) is 11.1 Å². The van der Waals surface area contributed by atoms with E-state index in [1.165, 1.54) is 6.07 Å². The lowest BCUT2D eigenvalue weighted by atomic mass is 9.69. The molecular weight excluding hydrogens is 506 g/mol. The fourth-order valence-corrected chi connectivity index (χ4v) is 5.55. The van der Waals surface area contributed by atoms with Gasteiger partial charge in [0.05, 0.1) is 24.2 Å². The number of hydrogen-bond donors (Lipinski definition) is 2. The molecule has 3 amide bonds. The number of rotatable bonds is 8. The predicted octanol–water partition coefficient (Wildman–Crippen LogP) is 2.57. The molecule has 0 radical (unpaired) electrons. The topological polar surface area (TPSA) is 105 Å². The monoisotopic (exact) mass is 542 g/mol. The Morgan fingerprint density at radius 2 is 1.90 bits per heavy atom. The lowest BCUT2D eigenvalue weighted by Crippen LogP contribution is -2.60. The van der Waals surface area contributed by atoms with Crippen LogP contribution < -0.4 is 11.1 Å². The molecule has 3 N–H and O–H groups in total. The lowest BCUT2D eigenvalue weighted by molar-refractivity contribution is -0.147. The molecule has 0 saturated carbocycles. The van der Waals surface area contributed by atoms with Gasteiger partial charge in [0.2, 0.25) is 17.7 Å². The number of nitrogens with zero attached hydrogens (tertiary/aromatic N) is 2. The average Bonchev–Trinajstić information content (AvgIpc) is 3.14. The van der Waals surface area contributed by atoms with Crippen molar-refractivity contribution < 1.29 is 27.9 Å². The number of nitrogens with one attached hydrogen (secondary N) is 1. The van der Waals surface area contributed by atoms with Crippen molar-refractivity contribution in [1.82, 2.24) is 15.1 Å². The van der Waals surface area contributed by atoms with Crippen LogP contribution in [0.4, 0.5) is 8.78 Å². The van der Waals surface area contributed by atoms with E-state index in [9.17, 15) is 23.2 Å². The number of carbonyl (C=O) groups is 3. The first-order valence-electron chi connectivity index (χ1n) is 13.1. The minimum Gasteiger partial charge on any atom is -0.374 e. The third kappa shape index (κ3) is 6.12. The van der Waals surface area contributed by atoms with Gasteiger partial charge in [-0.15, -0.1) is 0 Å². The molecule has 2 aromatic rings. The first kappa shape index (κ1) is 28.6. The number of ether oxygens (including phenoxy) is 1. The number of benzene rings is 2. The predicted molar refractivity (Wildman–Crippen MR) is 141 cm³/mol. The number of nitrogens with two attached hydrogens (primary N) is 1. The normalized spacial score (nSPS) is 22.3. The number of piperidine rings is 1. The Hall–Kier alpha value is -3.37. The van der Waals surface area contributed by atoms with Gasteiger partial charge in [0, 0.05) is 32.6 Å². The molecule has 2 heterocycles. The second kappa shape index (κ2) is 11.4. The first-order chi connectivity index (χ1) is 18.4. The fourth-order valence-electron chi connectivity index (χ4n) is 5.55.